The van der Waals surface area contributed by atoms with Gasteiger partial charge in [0.25, 0.3) is 5.91 Å². The van der Waals surface area contributed by atoms with Gasteiger partial charge >= 0.3 is 0 Å². The third-order valence-electron chi connectivity index (χ3n) is 4.38. The molecule has 1 aliphatic heterocycles. The van der Waals surface area contributed by atoms with Crippen molar-refractivity contribution in [2.45, 2.75) is 32.6 Å². The second-order valence-corrected chi connectivity index (χ2v) is 6.66. The van der Waals surface area contributed by atoms with Gasteiger partial charge in [0.15, 0.2) is 6.61 Å². The van der Waals surface area contributed by atoms with Gasteiger partial charge in [0.2, 0.25) is 0 Å². The highest BCUT2D eigenvalue weighted by atomic mass is 16.5. The fraction of sp³-hybridized carbons (Fsp3) is 0.400. The number of hydrogen-bond acceptors (Lipinski definition) is 4. The van der Waals surface area contributed by atoms with Crippen LogP contribution < -0.4 is 15.0 Å². The zero-order chi connectivity index (χ0) is 17.6. The summed E-state index contributed by atoms with van der Waals surface area (Å²) in [5.41, 5.74) is 1.94. The Bertz CT molecular complexity index is 690. The van der Waals surface area contributed by atoms with Crippen molar-refractivity contribution in [2.24, 2.45) is 0 Å². The van der Waals surface area contributed by atoms with Gasteiger partial charge in [-0.25, -0.2) is 4.98 Å². The van der Waals surface area contributed by atoms with Crippen LogP contribution in [0.15, 0.2) is 42.6 Å². The molecule has 2 aromatic rings. The van der Waals surface area contributed by atoms with Crippen molar-refractivity contribution in [2.75, 3.05) is 29.9 Å². The van der Waals surface area contributed by atoms with Gasteiger partial charge in [0.1, 0.15) is 11.6 Å². The number of nitrogens with zero attached hydrogens (tertiary/aromatic N) is 2. The van der Waals surface area contributed by atoms with Crippen molar-refractivity contribution in [1.29, 1.82) is 0 Å². The van der Waals surface area contributed by atoms with Gasteiger partial charge in [-0.15, -0.1) is 0 Å². The molecule has 0 aliphatic carbocycles. The Morgan fingerprint density at radius 1 is 1.16 bits per heavy atom. The summed E-state index contributed by atoms with van der Waals surface area (Å²) >= 11 is 0. The molecule has 1 amide bonds. The lowest BCUT2D eigenvalue weighted by atomic mass is 10.0. The number of benzene rings is 1. The molecule has 5 nitrogen and oxygen atoms in total. The number of amides is 1. The summed E-state index contributed by atoms with van der Waals surface area (Å²) in [6.07, 6.45) is 4.13. The van der Waals surface area contributed by atoms with E-state index in [9.17, 15) is 4.79 Å². The fourth-order valence-corrected chi connectivity index (χ4v) is 2.89. The van der Waals surface area contributed by atoms with Gasteiger partial charge in [-0.05, 0) is 48.6 Å². The van der Waals surface area contributed by atoms with Crippen molar-refractivity contribution in [3.63, 3.8) is 0 Å². The van der Waals surface area contributed by atoms with E-state index in [1.54, 1.807) is 6.20 Å². The largest absolute Gasteiger partial charge is 0.484 e. The molecule has 3 rings (SSSR count). The Morgan fingerprint density at radius 2 is 1.88 bits per heavy atom. The van der Waals surface area contributed by atoms with Crippen LogP contribution in [0.3, 0.4) is 0 Å². The number of aromatic nitrogens is 1. The molecule has 0 spiro atoms. The number of nitrogens with one attached hydrogen (secondary N) is 1. The summed E-state index contributed by atoms with van der Waals surface area (Å²) in [5, 5.41) is 2.81. The lowest BCUT2D eigenvalue weighted by Gasteiger charge is -2.16. The van der Waals surface area contributed by atoms with Crippen LogP contribution in [0.2, 0.25) is 0 Å². The zero-order valence-electron chi connectivity index (χ0n) is 14.9. The maximum absolute atomic E-state index is 12.0. The molecule has 0 unspecified atom stereocenters. The fourth-order valence-electron chi connectivity index (χ4n) is 2.89. The van der Waals surface area contributed by atoms with Crippen LogP contribution in [0, 0.1) is 0 Å². The minimum Gasteiger partial charge on any atom is -0.484 e. The molecule has 1 saturated heterocycles. The van der Waals surface area contributed by atoms with Crippen LogP contribution in [0.1, 0.15) is 38.2 Å². The smallest absolute Gasteiger partial charge is 0.262 e. The van der Waals surface area contributed by atoms with E-state index in [-0.39, 0.29) is 12.5 Å². The number of anilines is 2. The topological polar surface area (TPSA) is 54.5 Å². The highest BCUT2D eigenvalue weighted by molar-refractivity contribution is 5.91. The molecule has 1 aliphatic rings. The van der Waals surface area contributed by atoms with E-state index in [1.165, 1.54) is 18.4 Å². The number of ether oxygens (including phenoxy) is 1. The molecule has 132 valence electrons. The highest BCUT2D eigenvalue weighted by Gasteiger charge is 2.13. The summed E-state index contributed by atoms with van der Waals surface area (Å²) in [4.78, 5) is 18.7. The Kier molecular flexibility index (Phi) is 5.53. The van der Waals surface area contributed by atoms with Crippen molar-refractivity contribution >= 4 is 17.4 Å². The lowest BCUT2D eigenvalue weighted by Crippen LogP contribution is -2.21. The molecule has 25 heavy (non-hydrogen) atoms. The van der Waals surface area contributed by atoms with Crippen molar-refractivity contribution in [3.8, 4) is 5.75 Å². The number of carbonyl (C=O) groups excluding carboxylic acids is 1. The van der Waals surface area contributed by atoms with E-state index in [2.05, 4.69) is 29.0 Å². The van der Waals surface area contributed by atoms with Crippen LogP contribution in [0.5, 0.6) is 5.75 Å². The molecule has 0 atom stereocenters. The van der Waals surface area contributed by atoms with E-state index in [0.717, 1.165) is 18.9 Å². The third-order valence-corrected chi connectivity index (χ3v) is 4.38. The minimum atomic E-state index is -0.191. The maximum atomic E-state index is 12.0. The zero-order valence-corrected chi connectivity index (χ0v) is 14.9. The molecular weight excluding hydrogens is 314 g/mol. The Balaban J connectivity index is 1.48. The first kappa shape index (κ1) is 17.3. The first-order chi connectivity index (χ1) is 12.1. The van der Waals surface area contributed by atoms with Crippen LogP contribution >= 0.6 is 0 Å². The monoisotopic (exact) mass is 339 g/mol. The summed E-state index contributed by atoms with van der Waals surface area (Å²) < 4.78 is 5.54. The molecule has 5 heteroatoms. The Morgan fingerprint density at radius 3 is 2.48 bits per heavy atom. The number of carbonyl (C=O) groups is 1. The molecule has 1 aromatic carbocycles. The Labute approximate surface area is 149 Å². The molecule has 1 fully saturated rings. The molecule has 1 N–H and O–H groups in total. The summed E-state index contributed by atoms with van der Waals surface area (Å²) in [6, 6.07) is 11.7. The average Bonchev–Trinajstić information content (AvgIpc) is 3.15. The normalized spacial score (nSPS) is 14.0. The molecule has 2 heterocycles. The number of pyridine rings is 1. The molecule has 1 aromatic heterocycles. The van der Waals surface area contributed by atoms with Gasteiger partial charge in [0, 0.05) is 13.1 Å². The van der Waals surface area contributed by atoms with E-state index in [4.69, 9.17) is 4.74 Å². The SMILES string of the molecule is CC(C)c1ccc(OCC(=O)Nc2ccc(N3CCCC3)nc2)cc1. The summed E-state index contributed by atoms with van der Waals surface area (Å²) in [6.45, 7) is 6.39. The molecule has 0 saturated carbocycles. The predicted octanol–water partition coefficient (Wildman–Crippen LogP) is 3.82. The summed E-state index contributed by atoms with van der Waals surface area (Å²) in [7, 11) is 0. The van der Waals surface area contributed by atoms with Crippen molar-refractivity contribution < 1.29 is 9.53 Å². The summed E-state index contributed by atoms with van der Waals surface area (Å²) in [5.74, 6) is 1.95. The highest BCUT2D eigenvalue weighted by Crippen LogP contribution is 2.20. The predicted molar refractivity (Wildman–Crippen MR) is 100 cm³/mol. The Hall–Kier alpha value is -2.56. The van der Waals surface area contributed by atoms with Crippen LogP contribution in [-0.2, 0) is 4.79 Å². The third kappa shape index (κ3) is 4.72. The average molecular weight is 339 g/mol. The standard InChI is InChI=1S/C20H25N3O2/c1-15(2)16-5-8-18(9-6-16)25-14-20(24)22-17-7-10-19(21-13-17)23-11-3-4-12-23/h5-10,13,15H,3-4,11-12,14H2,1-2H3,(H,22,24). The quantitative estimate of drug-likeness (QED) is 0.869. The van der Waals surface area contributed by atoms with Crippen LogP contribution in [0.25, 0.3) is 0 Å². The van der Waals surface area contributed by atoms with E-state index in [1.807, 2.05) is 36.4 Å². The van der Waals surface area contributed by atoms with Gasteiger partial charge in [-0.2, -0.15) is 0 Å². The second-order valence-electron chi connectivity index (χ2n) is 6.66. The van der Waals surface area contributed by atoms with E-state index < -0.39 is 0 Å². The lowest BCUT2D eigenvalue weighted by molar-refractivity contribution is -0.118. The number of rotatable bonds is 6. The van der Waals surface area contributed by atoms with Gasteiger partial charge in [-0.1, -0.05) is 26.0 Å². The van der Waals surface area contributed by atoms with Crippen LogP contribution in [-0.4, -0.2) is 30.6 Å². The van der Waals surface area contributed by atoms with E-state index >= 15 is 0 Å². The minimum absolute atomic E-state index is 0.0189. The molecule has 0 bridgehead atoms. The molecule has 0 radical (unpaired) electrons. The first-order valence-electron chi connectivity index (χ1n) is 8.85. The van der Waals surface area contributed by atoms with Crippen LogP contribution in [0.4, 0.5) is 11.5 Å². The van der Waals surface area contributed by atoms with Crippen molar-refractivity contribution in [1.82, 2.24) is 4.98 Å². The van der Waals surface area contributed by atoms with E-state index in [0.29, 0.717) is 17.4 Å². The van der Waals surface area contributed by atoms with Gasteiger partial charge < -0.3 is 15.0 Å². The molecular formula is C20H25N3O2. The van der Waals surface area contributed by atoms with Crippen molar-refractivity contribution in [3.05, 3.63) is 48.2 Å². The van der Waals surface area contributed by atoms with Gasteiger partial charge in [0.05, 0.1) is 11.9 Å². The van der Waals surface area contributed by atoms with Gasteiger partial charge in [-0.3, -0.25) is 4.79 Å². The second kappa shape index (κ2) is 8.01. The number of hydrogen-bond donors (Lipinski definition) is 1. The first-order valence-corrected chi connectivity index (χ1v) is 8.85. The maximum Gasteiger partial charge on any atom is 0.262 e.